The maximum Gasteiger partial charge on any atom is 0.0608 e. The molecule has 1 rings (SSSR count). The molecule has 0 spiro atoms. The molecule has 0 bridgehead atoms. The summed E-state index contributed by atoms with van der Waals surface area (Å²) in [5, 5.41) is 9.18. The van der Waals surface area contributed by atoms with Crippen LogP contribution in [0.3, 0.4) is 0 Å². The van der Waals surface area contributed by atoms with Gasteiger partial charge in [0.05, 0.1) is 6.61 Å². The molecule has 0 amide bonds. The van der Waals surface area contributed by atoms with Gasteiger partial charge in [0, 0.05) is 18.1 Å². The Balaban J connectivity index is 2.36. The molecule has 0 aromatic heterocycles. The van der Waals surface area contributed by atoms with Crippen LogP contribution >= 0.6 is 0 Å². The third-order valence-corrected chi connectivity index (χ3v) is 4.00. The van der Waals surface area contributed by atoms with Gasteiger partial charge in [-0.05, 0) is 45.1 Å². The fraction of sp³-hybridized carbons (Fsp3) is 1.00. The van der Waals surface area contributed by atoms with Crippen LogP contribution < -0.4 is 5.73 Å². The van der Waals surface area contributed by atoms with Gasteiger partial charge < -0.3 is 15.7 Å². The van der Waals surface area contributed by atoms with Crippen molar-refractivity contribution in [3.63, 3.8) is 0 Å². The van der Waals surface area contributed by atoms with E-state index >= 15 is 0 Å². The van der Waals surface area contributed by atoms with Crippen LogP contribution in [0.25, 0.3) is 0 Å². The average Bonchev–Trinajstić information content (AvgIpc) is 2.80. The monoisotopic (exact) mass is 256 g/mol. The molecule has 0 saturated heterocycles. The lowest BCUT2D eigenvalue weighted by Gasteiger charge is -2.31. The standard InChI is InChI=1S/C15H32N2O/c1-13(2)11-17(14-7-4-5-8-14)10-6-9-15(3,16)12-18/h13-14,18H,4-12,16H2,1-3H3. The predicted molar refractivity (Wildman–Crippen MR) is 77.6 cm³/mol. The molecule has 0 aliphatic heterocycles. The summed E-state index contributed by atoms with van der Waals surface area (Å²) < 4.78 is 0. The van der Waals surface area contributed by atoms with Gasteiger partial charge >= 0.3 is 0 Å². The molecule has 1 aliphatic carbocycles. The van der Waals surface area contributed by atoms with E-state index in [4.69, 9.17) is 5.73 Å². The van der Waals surface area contributed by atoms with E-state index in [1.54, 1.807) is 0 Å². The maximum absolute atomic E-state index is 9.18. The van der Waals surface area contributed by atoms with Crippen molar-refractivity contribution in [1.29, 1.82) is 0 Å². The summed E-state index contributed by atoms with van der Waals surface area (Å²) in [4.78, 5) is 2.66. The number of hydrogen-bond acceptors (Lipinski definition) is 3. The third kappa shape index (κ3) is 5.68. The van der Waals surface area contributed by atoms with Crippen LogP contribution in [0.4, 0.5) is 0 Å². The Labute approximate surface area is 113 Å². The molecule has 3 N–H and O–H groups in total. The van der Waals surface area contributed by atoms with Gasteiger partial charge in [-0.15, -0.1) is 0 Å². The van der Waals surface area contributed by atoms with E-state index in [0.717, 1.165) is 31.3 Å². The Morgan fingerprint density at radius 1 is 1.33 bits per heavy atom. The van der Waals surface area contributed by atoms with E-state index in [-0.39, 0.29) is 6.61 Å². The molecule has 1 aliphatic rings. The summed E-state index contributed by atoms with van der Waals surface area (Å²) in [5.41, 5.74) is 5.58. The van der Waals surface area contributed by atoms with Crippen LogP contribution in [0.5, 0.6) is 0 Å². The van der Waals surface area contributed by atoms with Crippen molar-refractivity contribution in [1.82, 2.24) is 4.90 Å². The van der Waals surface area contributed by atoms with Gasteiger partial charge in [0.2, 0.25) is 0 Å². The Bertz CT molecular complexity index is 223. The average molecular weight is 256 g/mol. The number of nitrogens with two attached hydrogens (primary N) is 1. The summed E-state index contributed by atoms with van der Waals surface area (Å²) in [6, 6.07) is 0.797. The number of aliphatic hydroxyl groups excluding tert-OH is 1. The SMILES string of the molecule is CC(C)CN(CCCC(C)(N)CO)C1CCCC1. The first-order valence-electron chi connectivity index (χ1n) is 7.58. The Morgan fingerprint density at radius 3 is 2.44 bits per heavy atom. The molecule has 108 valence electrons. The topological polar surface area (TPSA) is 49.5 Å². The first-order chi connectivity index (χ1) is 8.44. The lowest BCUT2D eigenvalue weighted by molar-refractivity contribution is 0.156. The summed E-state index contributed by atoms with van der Waals surface area (Å²) in [7, 11) is 0. The highest BCUT2D eigenvalue weighted by molar-refractivity contribution is 4.81. The maximum atomic E-state index is 9.18. The molecule has 3 heteroatoms. The van der Waals surface area contributed by atoms with Crippen molar-refractivity contribution in [2.75, 3.05) is 19.7 Å². The van der Waals surface area contributed by atoms with Crippen molar-refractivity contribution in [2.24, 2.45) is 11.7 Å². The van der Waals surface area contributed by atoms with E-state index in [1.807, 2.05) is 6.92 Å². The van der Waals surface area contributed by atoms with Crippen molar-refractivity contribution in [3.8, 4) is 0 Å². The number of nitrogens with zero attached hydrogens (tertiary/aromatic N) is 1. The first-order valence-corrected chi connectivity index (χ1v) is 7.58. The quantitative estimate of drug-likeness (QED) is 0.701. The molecule has 0 radical (unpaired) electrons. The van der Waals surface area contributed by atoms with Crippen LogP contribution in [-0.4, -0.2) is 41.3 Å². The van der Waals surface area contributed by atoms with Gasteiger partial charge in [-0.2, -0.15) is 0 Å². The molecule has 1 saturated carbocycles. The molecule has 1 fully saturated rings. The fourth-order valence-electron chi connectivity index (χ4n) is 2.93. The highest BCUT2D eigenvalue weighted by atomic mass is 16.3. The molecule has 1 atom stereocenters. The van der Waals surface area contributed by atoms with E-state index in [2.05, 4.69) is 18.7 Å². The summed E-state index contributed by atoms with van der Waals surface area (Å²) >= 11 is 0. The summed E-state index contributed by atoms with van der Waals surface area (Å²) in [6.45, 7) is 8.95. The molecule has 0 aromatic rings. The van der Waals surface area contributed by atoms with Gasteiger partial charge in [0.15, 0.2) is 0 Å². The van der Waals surface area contributed by atoms with Crippen LogP contribution in [-0.2, 0) is 0 Å². The Hall–Kier alpha value is -0.120. The van der Waals surface area contributed by atoms with Gasteiger partial charge in [0.25, 0.3) is 0 Å². The van der Waals surface area contributed by atoms with E-state index < -0.39 is 5.54 Å². The molecule has 18 heavy (non-hydrogen) atoms. The lowest BCUT2D eigenvalue weighted by atomic mass is 9.98. The van der Waals surface area contributed by atoms with Crippen molar-refractivity contribution < 1.29 is 5.11 Å². The van der Waals surface area contributed by atoms with E-state index in [1.165, 1.54) is 32.2 Å². The van der Waals surface area contributed by atoms with Crippen molar-refractivity contribution in [2.45, 2.75) is 70.9 Å². The minimum Gasteiger partial charge on any atom is -0.394 e. The van der Waals surface area contributed by atoms with Gasteiger partial charge in [0.1, 0.15) is 0 Å². The number of rotatable bonds is 8. The van der Waals surface area contributed by atoms with E-state index in [9.17, 15) is 5.11 Å². The van der Waals surface area contributed by atoms with Gasteiger partial charge in [-0.3, -0.25) is 0 Å². The van der Waals surface area contributed by atoms with Gasteiger partial charge in [-0.1, -0.05) is 26.7 Å². The zero-order valence-electron chi connectivity index (χ0n) is 12.5. The van der Waals surface area contributed by atoms with Gasteiger partial charge in [-0.25, -0.2) is 0 Å². The molecule has 3 nitrogen and oxygen atoms in total. The Morgan fingerprint density at radius 2 is 1.94 bits per heavy atom. The van der Waals surface area contributed by atoms with Crippen LogP contribution in [0.15, 0.2) is 0 Å². The normalized spacial score (nSPS) is 20.8. The summed E-state index contributed by atoms with van der Waals surface area (Å²) in [6.07, 6.45) is 7.52. The van der Waals surface area contributed by atoms with Crippen molar-refractivity contribution >= 4 is 0 Å². The zero-order chi connectivity index (χ0) is 13.6. The second-order valence-corrected chi connectivity index (χ2v) is 6.74. The first kappa shape index (κ1) is 15.9. The molecular weight excluding hydrogens is 224 g/mol. The van der Waals surface area contributed by atoms with E-state index in [0.29, 0.717) is 0 Å². The molecule has 0 aromatic carbocycles. The minimum absolute atomic E-state index is 0.0839. The molecular formula is C15H32N2O. The fourth-order valence-corrected chi connectivity index (χ4v) is 2.93. The second kappa shape index (κ2) is 7.46. The zero-order valence-corrected chi connectivity index (χ0v) is 12.5. The molecule has 1 unspecified atom stereocenters. The predicted octanol–water partition coefficient (Wildman–Crippen LogP) is 2.38. The highest BCUT2D eigenvalue weighted by Gasteiger charge is 2.24. The van der Waals surface area contributed by atoms with Crippen LogP contribution in [0, 0.1) is 5.92 Å². The summed E-state index contributed by atoms with van der Waals surface area (Å²) in [5.74, 6) is 0.729. The van der Waals surface area contributed by atoms with Crippen LogP contribution in [0.1, 0.15) is 59.3 Å². The highest BCUT2D eigenvalue weighted by Crippen LogP contribution is 2.25. The second-order valence-electron chi connectivity index (χ2n) is 6.74. The minimum atomic E-state index is -0.404. The third-order valence-electron chi connectivity index (χ3n) is 4.00. The van der Waals surface area contributed by atoms with Crippen LogP contribution in [0.2, 0.25) is 0 Å². The number of hydrogen-bond donors (Lipinski definition) is 2. The smallest absolute Gasteiger partial charge is 0.0608 e. The number of aliphatic hydroxyl groups is 1. The van der Waals surface area contributed by atoms with Crippen molar-refractivity contribution in [3.05, 3.63) is 0 Å². The molecule has 0 heterocycles. The largest absolute Gasteiger partial charge is 0.394 e. The lowest BCUT2D eigenvalue weighted by Crippen LogP contribution is -2.42. The Kier molecular flexibility index (Phi) is 6.61.